The van der Waals surface area contributed by atoms with Crippen LogP contribution >= 0.6 is 0 Å². The summed E-state index contributed by atoms with van der Waals surface area (Å²) in [6.07, 6.45) is 6.71. The Balaban J connectivity index is 1.46. The van der Waals surface area contributed by atoms with Gasteiger partial charge in [0.2, 0.25) is 0 Å². The predicted molar refractivity (Wildman–Crippen MR) is 125 cm³/mol. The molecular formula is C28H39NO4. The third-order valence-electron chi connectivity index (χ3n) is 11.5. The molecule has 2 heterocycles. The standard InChI is InChI=1S/C28H39NO4/c1-24(2,3)25(4,31)19-14-26-9-10-28(19,32)23-27(26)11-12-29(15-16-5-6-16)20(26)13-17-7-8-18(30)22(33-23)21(17)27/h7-8,16,19-20,23,30-32H,5-6,9-15H2,1-4H3/t19-,20-,23-,25+,26-,27+,28+/m1/s1. The van der Waals surface area contributed by atoms with E-state index in [0.29, 0.717) is 18.2 Å². The number of rotatable bonds is 3. The summed E-state index contributed by atoms with van der Waals surface area (Å²) in [4.78, 5) is 2.77. The first-order valence-corrected chi connectivity index (χ1v) is 13.2. The molecule has 4 bridgehead atoms. The number of likely N-dealkylation sites (tertiary alicyclic amines) is 1. The molecular weight excluding hydrogens is 414 g/mol. The minimum Gasteiger partial charge on any atom is -0.504 e. The van der Waals surface area contributed by atoms with Gasteiger partial charge in [-0.1, -0.05) is 26.8 Å². The van der Waals surface area contributed by atoms with Crippen molar-refractivity contribution in [1.29, 1.82) is 0 Å². The van der Waals surface area contributed by atoms with Crippen LogP contribution in [-0.4, -0.2) is 56.7 Å². The van der Waals surface area contributed by atoms with Crippen LogP contribution in [0, 0.1) is 22.7 Å². The van der Waals surface area contributed by atoms with Crippen molar-refractivity contribution in [2.24, 2.45) is 22.7 Å². The maximum absolute atomic E-state index is 12.5. The van der Waals surface area contributed by atoms with Crippen molar-refractivity contribution in [2.45, 2.75) is 101 Å². The number of nitrogens with zero attached hydrogens (tertiary/aromatic N) is 1. The Labute approximate surface area is 197 Å². The average Bonchev–Trinajstić information content (AvgIpc) is 3.48. The Bertz CT molecular complexity index is 1040. The van der Waals surface area contributed by atoms with Gasteiger partial charge in [0.15, 0.2) is 11.5 Å². The molecule has 1 aromatic carbocycles. The topological polar surface area (TPSA) is 73.2 Å². The van der Waals surface area contributed by atoms with Gasteiger partial charge in [0.25, 0.3) is 0 Å². The normalized spacial score (nSPS) is 44.8. The second-order valence-electron chi connectivity index (χ2n) is 13.6. The summed E-state index contributed by atoms with van der Waals surface area (Å²) >= 11 is 0. The van der Waals surface area contributed by atoms with Crippen LogP contribution in [0.25, 0.3) is 0 Å². The van der Waals surface area contributed by atoms with E-state index in [1.165, 1.54) is 30.5 Å². The van der Waals surface area contributed by atoms with Crippen LogP contribution in [0.15, 0.2) is 12.1 Å². The minimum absolute atomic E-state index is 0.0404. The lowest BCUT2D eigenvalue weighted by molar-refractivity contribution is -0.305. The van der Waals surface area contributed by atoms with E-state index >= 15 is 0 Å². The quantitative estimate of drug-likeness (QED) is 0.650. The number of phenolic OH excluding ortho intramolecular Hbond substituents is 1. The Hall–Kier alpha value is -1.30. The highest BCUT2D eigenvalue weighted by molar-refractivity contribution is 5.63. The molecule has 5 fully saturated rings. The molecule has 4 saturated carbocycles. The lowest BCUT2D eigenvalue weighted by Crippen LogP contribution is -2.82. The zero-order chi connectivity index (χ0) is 23.2. The average molecular weight is 454 g/mol. The van der Waals surface area contributed by atoms with Gasteiger partial charge in [-0.25, -0.2) is 0 Å². The van der Waals surface area contributed by atoms with E-state index in [0.717, 1.165) is 38.1 Å². The van der Waals surface area contributed by atoms with Crippen LogP contribution in [0.3, 0.4) is 0 Å². The molecule has 180 valence electrons. The lowest BCUT2D eigenvalue weighted by Gasteiger charge is -2.75. The molecule has 5 heteroatoms. The fourth-order valence-electron chi connectivity index (χ4n) is 9.26. The number of aromatic hydroxyl groups is 1. The van der Waals surface area contributed by atoms with Gasteiger partial charge in [-0.2, -0.15) is 0 Å². The molecule has 1 aromatic rings. The third-order valence-corrected chi connectivity index (χ3v) is 11.5. The number of fused-ring (bicyclic) bond motifs is 2. The van der Waals surface area contributed by atoms with Crippen molar-refractivity contribution >= 4 is 0 Å². The second-order valence-corrected chi connectivity index (χ2v) is 13.6. The summed E-state index contributed by atoms with van der Waals surface area (Å²) in [7, 11) is 0. The van der Waals surface area contributed by atoms with Gasteiger partial charge in [0.05, 0.1) is 5.60 Å². The van der Waals surface area contributed by atoms with Crippen molar-refractivity contribution < 1.29 is 20.1 Å². The van der Waals surface area contributed by atoms with Crippen molar-refractivity contribution in [3.05, 3.63) is 23.3 Å². The summed E-state index contributed by atoms with van der Waals surface area (Å²) in [6.45, 7) is 10.4. The summed E-state index contributed by atoms with van der Waals surface area (Å²) < 4.78 is 6.68. The summed E-state index contributed by atoms with van der Waals surface area (Å²) in [5, 5.41) is 35.3. The number of phenols is 1. The smallest absolute Gasteiger partial charge is 0.165 e. The highest BCUT2D eigenvalue weighted by Crippen LogP contribution is 2.77. The zero-order valence-corrected chi connectivity index (χ0v) is 20.5. The first-order chi connectivity index (χ1) is 15.5. The van der Waals surface area contributed by atoms with Crippen LogP contribution in [0.2, 0.25) is 0 Å². The molecule has 0 radical (unpaired) electrons. The Kier molecular flexibility index (Phi) is 3.76. The first-order valence-electron chi connectivity index (χ1n) is 13.2. The molecule has 33 heavy (non-hydrogen) atoms. The number of benzene rings is 1. The van der Waals surface area contributed by atoms with Crippen molar-refractivity contribution in [3.63, 3.8) is 0 Å². The number of aliphatic hydroxyl groups is 2. The van der Waals surface area contributed by atoms with E-state index in [1.54, 1.807) is 6.07 Å². The van der Waals surface area contributed by atoms with E-state index in [9.17, 15) is 15.3 Å². The number of piperidine rings is 1. The summed E-state index contributed by atoms with van der Waals surface area (Å²) in [5.41, 5.74) is -0.323. The molecule has 0 unspecified atom stereocenters. The van der Waals surface area contributed by atoms with Gasteiger partial charge >= 0.3 is 0 Å². The largest absolute Gasteiger partial charge is 0.504 e. The Morgan fingerprint density at radius 1 is 1.12 bits per heavy atom. The third kappa shape index (κ3) is 2.22. The fraction of sp³-hybridized carbons (Fsp3) is 0.786. The maximum Gasteiger partial charge on any atom is 0.165 e. The van der Waals surface area contributed by atoms with Crippen LogP contribution < -0.4 is 4.74 Å². The highest BCUT2D eigenvalue weighted by Gasteiger charge is 2.81. The predicted octanol–water partition coefficient (Wildman–Crippen LogP) is 3.76. The Morgan fingerprint density at radius 3 is 2.58 bits per heavy atom. The van der Waals surface area contributed by atoms with E-state index < -0.39 is 17.3 Å². The van der Waals surface area contributed by atoms with E-state index in [-0.39, 0.29) is 27.9 Å². The van der Waals surface area contributed by atoms with Crippen molar-refractivity contribution in [1.82, 2.24) is 4.90 Å². The van der Waals surface area contributed by atoms with Gasteiger partial charge in [-0.3, -0.25) is 4.90 Å². The lowest BCUT2D eigenvalue weighted by atomic mass is 9.33. The van der Waals surface area contributed by atoms with E-state index in [2.05, 4.69) is 31.7 Å². The van der Waals surface area contributed by atoms with Crippen LogP contribution in [0.4, 0.5) is 0 Å². The molecule has 7 atom stereocenters. The molecule has 5 aliphatic carbocycles. The molecule has 5 nitrogen and oxygen atoms in total. The van der Waals surface area contributed by atoms with E-state index in [1.807, 2.05) is 6.92 Å². The van der Waals surface area contributed by atoms with Crippen molar-refractivity contribution in [2.75, 3.05) is 13.1 Å². The molecule has 8 rings (SSSR count). The second kappa shape index (κ2) is 5.91. The molecule has 0 amide bonds. The van der Waals surface area contributed by atoms with Crippen LogP contribution in [-0.2, 0) is 11.8 Å². The first kappa shape index (κ1) is 21.0. The molecule has 0 aromatic heterocycles. The van der Waals surface area contributed by atoms with Crippen molar-refractivity contribution in [3.8, 4) is 11.5 Å². The summed E-state index contributed by atoms with van der Waals surface area (Å²) in [6, 6.07) is 4.30. The number of ether oxygens (including phenoxy) is 1. The van der Waals surface area contributed by atoms with Gasteiger partial charge in [0.1, 0.15) is 11.7 Å². The zero-order valence-electron chi connectivity index (χ0n) is 20.5. The molecule has 1 saturated heterocycles. The maximum atomic E-state index is 12.5. The van der Waals surface area contributed by atoms with Gasteiger partial charge in [-0.15, -0.1) is 0 Å². The fourth-order valence-corrected chi connectivity index (χ4v) is 9.26. The Morgan fingerprint density at radius 2 is 1.88 bits per heavy atom. The number of hydrogen-bond acceptors (Lipinski definition) is 5. The van der Waals surface area contributed by atoms with Crippen LogP contribution in [0.1, 0.15) is 77.3 Å². The van der Waals surface area contributed by atoms with Gasteiger partial charge < -0.3 is 20.1 Å². The molecule has 2 aliphatic heterocycles. The highest BCUT2D eigenvalue weighted by atomic mass is 16.5. The molecule has 2 spiro atoms. The summed E-state index contributed by atoms with van der Waals surface area (Å²) in [5.74, 6) is 1.39. The monoisotopic (exact) mass is 453 g/mol. The van der Waals surface area contributed by atoms with Crippen LogP contribution in [0.5, 0.6) is 11.5 Å². The number of hydrogen-bond donors (Lipinski definition) is 3. The minimum atomic E-state index is -1.11. The molecule has 3 N–H and O–H groups in total. The van der Waals surface area contributed by atoms with E-state index in [4.69, 9.17) is 4.74 Å². The van der Waals surface area contributed by atoms with Gasteiger partial charge in [0, 0.05) is 34.9 Å². The molecule has 7 aliphatic rings. The SMILES string of the molecule is CC(C)(C)[C@@](C)(O)[C@H]1C[C@@]23CC[C@@]1(O)[C@@H]1Oc4c(O)ccc5c4[C@@]12CCN(CC1CC1)[C@@H]3C5. The van der Waals surface area contributed by atoms with Gasteiger partial charge in [-0.05, 0) is 81.4 Å².